The average molecular weight is 474 g/mol. The van der Waals surface area contributed by atoms with Gasteiger partial charge >= 0.3 is 0 Å². The van der Waals surface area contributed by atoms with Crippen LogP contribution in [0.1, 0.15) is 27.2 Å². The summed E-state index contributed by atoms with van der Waals surface area (Å²) in [7, 11) is 0. The molecule has 4 aromatic rings. The number of rotatable bonds is 5. The standard InChI is InChI=1S/C20H16BrN3O2S2/c1-11-3-5-13(6-4-11)10-27-20-24-23-19(28-20)22-18(25)17-12(2)15-9-14(21)7-8-16(15)26-17/h3-9H,10H2,1-2H3,(H,22,23,25). The normalized spacial score (nSPS) is 11.1. The van der Waals surface area contributed by atoms with Gasteiger partial charge in [0, 0.05) is 21.2 Å². The van der Waals surface area contributed by atoms with Crippen LogP contribution >= 0.6 is 39.0 Å². The molecule has 0 spiro atoms. The van der Waals surface area contributed by atoms with Crippen LogP contribution in [0.25, 0.3) is 11.0 Å². The highest BCUT2D eigenvalue weighted by molar-refractivity contribution is 9.10. The highest BCUT2D eigenvalue weighted by atomic mass is 79.9. The Morgan fingerprint density at radius 1 is 1.18 bits per heavy atom. The lowest BCUT2D eigenvalue weighted by Crippen LogP contribution is -2.11. The molecule has 28 heavy (non-hydrogen) atoms. The maximum atomic E-state index is 12.6. The third-order valence-electron chi connectivity index (χ3n) is 4.21. The number of aryl methyl sites for hydroxylation is 2. The Kier molecular flexibility index (Phi) is 5.52. The van der Waals surface area contributed by atoms with Crippen molar-refractivity contribution in [2.24, 2.45) is 0 Å². The number of thioether (sulfide) groups is 1. The zero-order chi connectivity index (χ0) is 19.7. The van der Waals surface area contributed by atoms with Gasteiger partial charge in [0.2, 0.25) is 5.13 Å². The lowest BCUT2D eigenvalue weighted by atomic mass is 10.1. The van der Waals surface area contributed by atoms with E-state index in [4.69, 9.17) is 4.42 Å². The molecule has 1 amide bonds. The predicted octanol–water partition coefficient (Wildman–Crippen LogP) is 6.21. The molecule has 142 valence electrons. The first-order valence-corrected chi connectivity index (χ1v) is 11.1. The first-order chi connectivity index (χ1) is 13.5. The largest absolute Gasteiger partial charge is 0.451 e. The highest BCUT2D eigenvalue weighted by Crippen LogP contribution is 2.31. The number of nitrogens with one attached hydrogen (secondary N) is 1. The molecule has 0 aliphatic rings. The Morgan fingerprint density at radius 2 is 1.96 bits per heavy atom. The van der Waals surface area contributed by atoms with Crippen molar-refractivity contribution < 1.29 is 9.21 Å². The van der Waals surface area contributed by atoms with Crippen LogP contribution < -0.4 is 5.32 Å². The van der Waals surface area contributed by atoms with Gasteiger partial charge in [-0.2, -0.15) is 0 Å². The molecule has 5 nitrogen and oxygen atoms in total. The monoisotopic (exact) mass is 473 g/mol. The van der Waals surface area contributed by atoms with Gasteiger partial charge in [0.15, 0.2) is 10.1 Å². The Bertz CT molecular complexity index is 1150. The van der Waals surface area contributed by atoms with E-state index in [2.05, 4.69) is 62.6 Å². The SMILES string of the molecule is Cc1ccc(CSc2nnc(NC(=O)c3oc4ccc(Br)cc4c3C)s2)cc1. The van der Waals surface area contributed by atoms with E-state index in [0.717, 1.165) is 25.5 Å². The zero-order valence-corrected chi connectivity index (χ0v) is 18.4. The van der Waals surface area contributed by atoms with Crippen molar-refractivity contribution >= 4 is 61.0 Å². The number of anilines is 1. The van der Waals surface area contributed by atoms with Crippen LogP contribution in [0.2, 0.25) is 0 Å². The van der Waals surface area contributed by atoms with Crippen molar-refractivity contribution in [2.45, 2.75) is 23.9 Å². The van der Waals surface area contributed by atoms with Gasteiger partial charge in [0.25, 0.3) is 5.91 Å². The summed E-state index contributed by atoms with van der Waals surface area (Å²) in [5.41, 5.74) is 3.94. The molecule has 0 saturated carbocycles. The molecule has 8 heteroatoms. The molecule has 0 saturated heterocycles. The van der Waals surface area contributed by atoms with Crippen LogP contribution in [0.15, 0.2) is 55.7 Å². The minimum absolute atomic E-state index is 0.289. The van der Waals surface area contributed by atoms with E-state index in [1.54, 1.807) is 11.8 Å². The fourth-order valence-electron chi connectivity index (χ4n) is 2.71. The van der Waals surface area contributed by atoms with Crippen LogP contribution in [-0.2, 0) is 5.75 Å². The van der Waals surface area contributed by atoms with Crippen molar-refractivity contribution in [3.05, 3.63) is 69.4 Å². The van der Waals surface area contributed by atoms with Gasteiger partial charge in [-0.3, -0.25) is 10.1 Å². The summed E-state index contributed by atoms with van der Waals surface area (Å²) in [5, 5.41) is 12.4. The number of nitrogens with zero attached hydrogens (tertiary/aromatic N) is 2. The smallest absolute Gasteiger partial charge is 0.293 e. The lowest BCUT2D eigenvalue weighted by Gasteiger charge is -1.99. The van der Waals surface area contributed by atoms with E-state index >= 15 is 0 Å². The van der Waals surface area contributed by atoms with E-state index in [1.165, 1.54) is 22.5 Å². The van der Waals surface area contributed by atoms with Crippen LogP contribution in [0.3, 0.4) is 0 Å². The first-order valence-electron chi connectivity index (χ1n) is 8.51. The summed E-state index contributed by atoms with van der Waals surface area (Å²) in [5.74, 6) is 0.772. The molecule has 0 unspecified atom stereocenters. The number of amides is 1. The number of aromatic nitrogens is 2. The molecule has 0 aliphatic carbocycles. The summed E-state index contributed by atoms with van der Waals surface area (Å²) < 4.78 is 7.47. The van der Waals surface area contributed by atoms with Crippen molar-refractivity contribution in [3.63, 3.8) is 0 Å². The van der Waals surface area contributed by atoms with Crippen LogP contribution in [0, 0.1) is 13.8 Å². The molecule has 0 aliphatic heterocycles. The Morgan fingerprint density at radius 3 is 2.75 bits per heavy atom. The molecular formula is C20H16BrN3O2S2. The number of carbonyl (C=O) groups excluding carboxylic acids is 1. The van der Waals surface area contributed by atoms with E-state index in [0.29, 0.717) is 10.7 Å². The number of halogens is 1. The topological polar surface area (TPSA) is 68.0 Å². The number of hydrogen-bond acceptors (Lipinski definition) is 6. The summed E-state index contributed by atoms with van der Waals surface area (Å²) in [6.07, 6.45) is 0. The van der Waals surface area contributed by atoms with Crippen molar-refractivity contribution in [3.8, 4) is 0 Å². The molecule has 1 N–H and O–H groups in total. The Balaban J connectivity index is 1.44. The molecule has 2 aromatic heterocycles. The number of hydrogen-bond donors (Lipinski definition) is 1. The Hall–Kier alpha value is -2.16. The van der Waals surface area contributed by atoms with Crippen molar-refractivity contribution in [2.75, 3.05) is 5.32 Å². The van der Waals surface area contributed by atoms with Gasteiger partial charge in [-0.25, -0.2) is 0 Å². The molecule has 4 rings (SSSR count). The van der Waals surface area contributed by atoms with Crippen LogP contribution in [-0.4, -0.2) is 16.1 Å². The predicted molar refractivity (Wildman–Crippen MR) is 117 cm³/mol. The first kappa shape index (κ1) is 19.2. The lowest BCUT2D eigenvalue weighted by molar-refractivity contribution is 0.0998. The maximum absolute atomic E-state index is 12.6. The second-order valence-corrected chi connectivity index (χ2v) is 9.41. The molecule has 0 atom stereocenters. The van der Waals surface area contributed by atoms with Crippen molar-refractivity contribution in [1.82, 2.24) is 10.2 Å². The summed E-state index contributed by atoms with van der Waals surface area (Å²) in [4.78, 5) is 12.6. The number of fused-ring (bicyclic) bond motifs is 1. The summed E-state index contributed by atoms with van der Waals surface area (Å²) in [6, 6.07) is 14.1. The molecule has 0 fully saturated rings. The third-order valence-corrected chi connectivity index (χ3v) is 6.75. The van der Waals surface area contributed by atoms with Gasteiger partial charge in [-0.1, -0.05) is 68.9 Å². The molecule has 2 heterocycles. The maximum Gasteiger partial charge on any atom is 0.293 e. The second kappa shape index (κ2) is 8.06. The number of carbonyl (C=O) groups is 1. The fourth-order valence-corrected chi connectivity index (χ4v) is 4.78. The van der Waals surface area contributed by atoms with Gasteiger partial charge in [0.1, 0.15) is 5.58 Å². The minimum Gasteiger partial charge on any atom is -0.451 e. The molecule has 2 aromatic carbocycles. The fraction of sp³-hybridized carbons (Fsp3) is 0.150. The van der Waals surface area contributed by atoms with E-state index in [9.17, 15) is 4.79 Å². The average Bonchev–Trinajstić information content (AvgIpc) is 3.26. The van der Waals surface area contributed by atoms with Crippen molar-refractivity contribution in [1.29, 1.82) is 0 Å². The second-order valence-electron chi connectivity index (χ2n) is 6.30. The Labute approximate surface area is 178 Å². The quantitative estimate of drug-likeness (QED) is 0.275. The zero-order valence-electron chi connectivity index (χ0n) is 15.2. The minimum atomic E-state index is -0.323. The van der Waals surface area contributed by atoms with E-state index < -0.39 is 0 Å². The highest BCUT2D eigenvalue weighted by Gasteiger charge is 2.19. The van der Waals surface area contributed by atoms with Crippen LogP contribution in [0.4, 0.5) is 5.13 Å². The molecule has 0 bridgehead atoms. The van der Waals surface area contributed by atoms with Gasteiger partial charge < -0.3 is 4.42 Å². The number of furan rings is 1. The van der Waals surface area contributed by atoms with Gasteiger partial charge in [-0.05, 0) is 37.6 Å². The molecule has 0 radical (unpaired) electrons. The summed E-state index contributed by atoms with van der Waals surface area (Å²) >= 11 is 6.39. The van der Waals surface area contributed by atoms with Gasteiger partial charge in [-0.15, -0.1) is 10.2 Å². The van der Waals surface area contributed by atoms with Crippen LogP contribution in [0.5, 0.6) is 0 Å². The van der Waals surface area contributed by atoms with Gasteiger partial charge in [0.05, 0.1) is 0 Å². The molecular weight excluding hydrogens is 458 g/mol. The van der Waals surface area contributed by atoms with E-state index in [-0.39, 0.29) is 11.7 Å². The summed E-state index contributed by atoms with van der Waals surface area (Å²) in [6.45, 7) is 3.94. The van der Waals surface area contributed by atoms with E-state index in [1.807, 2.05) is 25.1 Å². The number of benzene rings is 2. The third kappa shape index (κ3) is 4.14.